The van der Waals surface area contributed by atoms with Crippen LogP contribution in [0.4, 0.5) is 0 Å². The van der Waals surface area contributed by atoms with E-state index >= 15 is 0 Å². The van der Waals surface area contributed by atoms with Crippen LogP contribution in [0.15, 0.2) is 34.9 Å². The van der Waals surface area contributed by atoms with Gasteiger partial charge >= 0.3 is 0 Å². The van der Waals surface area contributed by atoms with E-state index in [4.69, 9.17) is 16.0 Å². The van der Waals surface area contributed by atoms with Crippen LogP contribution in [0.5, 0.6) is 0 Å². The van der Waals surface area contributed by atoms with Crippen molar-refractivity contribution in [1.29, 1.82) is 0 Å². The highest BCUT2D eigenvalue weighted by molar-refractivity contribution is 6.30. The van der Waals surface area contributed by atoms with Gasteiger partial charge < -0.3 is 9.52 Å². The van der Waals surface area contributed by atoms with Gasteiger partial charge in [0.1, 0.15) is 6.26 Å². The van der Waals surface area contributed by atoms with Gasteiger partial charge in [0.15, 0.2) is 0 Å². The number of hydrogen-bond acceptors (Lipinski definition) is 5. The SMILES string of the molecule is CC(C)(O)CN1CCN(Cc2coc(-c3cccc(Cl)c3)n2)CC1. The van der Waals surface area contributed by atoms with Gasteiger partial charge in [-0.1, -0.05) is 17.7 Å². The largest absolute Gasteiger partial charge is 0.444 e. The van der Waals surface area contributed by atoms with Gasteiger partial charge in [-0.25, -0.2) is 4.98 Å². The molecule has 0 spiro atoms. The minimum atomic E-state index is -0.639. The summed E-state index contributed by atoms with van der Waals surface area (Å²) >= 11 is 6.02. The van der Waals surface area contributed by atoms with E-state index in [1.807, 2.05) is 38.1 Å². The average molecular weight is 350 g/mol. The number of nitrogens with zero attached hydrogens (tertiary/aromatic N) is 3. The van der Waals surface area contributed by atoms with Crippen molar-refractivity contribution in [2.45, 2.75) is 26.0 Å². The van der Waals surface area contributed by atoms with Crippen LogP contribution in [0.1, 0.15) is 19.5 Å². The lowest BCUT2D eigenvalue weighted by Gasteiger charge is -2.36. The smallest absolute Gasteiger partial charge is 0.226 e. The van der Waals surface area contributed by atoms with Gasteiger partial charge in [0.05, 0.1) is 11.3 Å². The fourth-order valence-electron chi connectivity index (χ4n) is 3.02. The molecule has 0 unspecified atom stereocenters. The Bertz CT molecular complexity index is 673. The summed E-state index contributed by atoms with van der Waals surface area (Å²) in [7, 11) is 0. The summed E-state index contributed by atoms with van der Waals surface area (Å²) in [4.78, 5) is 9.24. The minimum absolute atomic E-state index is 0.605. The molecule has 0 radical (unpaired) electrons. The van der Waals surface area contributed by atoms with Gasteiger partial charge in [-0.05, 0) is 32.0 Å². The van der Waals surface area contributed by atoms with Crippen LogP contribution >= 0.6 is 11.6 Å². The Morgan fingerprint density at radius 3 is 2.58 bits per heavy atom. The summed E-state index contributed by atoms with van der Waals surface area (Å²) in [5.74, 6) is 0.605. The van der Waals surface area contributed by atoms with Gasteiger partial charge in [0, 0.05) is 49.9 Å². The highest BCUT2D eigenvalue weighted by atomic mass is 35.5. The lowest BCUT2D eigenvalue weighted by atomic mass is 10.1. The van der Waals surface area contributed by atoms with Crippen molar-refractivity contribution in [2.75, 3.05) is 32.7 Å². The highest BCUT2D eigenvalue weighted by Gasteiger charge is 2.23. The standard InChI is InChI=1S/C18H24ClN3O2/c1-18(2,23)13-22-8-6-21(7-9-22)11-16-12-24-17(20-16)14-4-3-5-15(19)10-14/h3-5,10,12,23H,6-9,11,13H2,1-2H3. The zero-order valence-electron chi connectivity index (χ0n) is 14.2. The first kappa shape index (κ1) is 17.4. The Kier molecular flexibility index (Phi) is 5.25. The normalized spacial score (nSPS) is 17.3. The zero-order valence-corrected chi connectivity index (χ0v) is 15.0. The first-order chi connectivity index (χ1) is 11.4. The van der Waals surface area contributed by atoms with Crippen LogP contribution < -0.4 is 0 Å². The first-order valence-electron chi connectivity index (χ1n) is 8.26. The number of piperazine rings is 1. The van der Waals surface area contributed by atoms with E-state index in [0.717, 1.165) is 44.0 Å². The molecular formula is C18H24ClN3O2. The highest BCUT2D eigenvalue weighted by Crippen LogP contribution is 2.22. The van der Waals surface area contributed by atoms with Crippen molar-refractivity contribution in [3.63, 3.8) is 0 Å². The molecule has 2 aromatic rings. The molecule has 6 heteroatoms. The molecule has 2 heterocycles. The molecule has 1 saturated heterocycles. The molecule has 24 heavy (non-hydrogen) atoms. The van der Waals surface area contributed by atoms with E-state index in [2.05, 4.69) is 14.8 Å². The van der Waals surface area contributed by atoms with Crippen molar-refractivity contribution >= 4 is 11.6 Å². The van der Waals surface area contributed by atoms with Crippen LogP contribution in [0.25, 0.3) is 11.5 Å². The number of rotatable bonds is 5. The predicted octanol–water partition coefficient (Wildman–Crippen LogP) is 2.88. The topological polar surface area (TPSA) is 52.7 Å². The third kappa shape index (κ3) is 4.80. The van der Waals surface area contributed by atoms with E-state index in [1.54, 1.807) is 6.26 Å². The van der Waals surface area contributed by atoms with E-state index in [9.17, 15) is 5.11 Å². The maximum absolute atomic E-state index is 9.91. The van der Waals surface area contributed by atoms with E-state index in [-0.39, 0.29) is 0 Å². The van der Waals surface area contributed by atoms with Crippen LogP contribution in [0.3, 0.4) is 0 Å². The van der Waals surface area contributed by atoms with Gasteiger partial charge in [-0.2, -0.15) is 0 Å². The van der Waals surface area contributed by atoms with E-state index in [1.165, 1.54) is 0 Å². The summed E-state index contributed by atoms with van der Waals surface area (Å²) in [6, 6.07) is 7.52. The Balaban J connectivity index is 1.55. The molecule has 0 aliphatic carbocycles. The lowest BCUT2D eigenvalue weighted by molar-refractivity contribution is 0.0165. The molecule has 1 aliphatic rings. The van der Waals surface area contributed by atoms with E-state index in [0.29, 0.717) is 17.5 Å². The second-order valence-electron chi connectivity index (χ2n) is 7.02. The fourth-order valence-corrected chi connectivity index (χ4v) is 3.21. The molecule has 0 bridgehead atoms. The summed E-state index contributed by atoms with van der Waals surface area (Å²) in [6.45, 7) is 9.05. The number of hydrogen-bond donors (Lipinski definition) is 1. The second kappa shape index (κ2) is 7.23. The lowest BCUT2D eigenvalue weighted by Crippen LogP contribution is -2.50. The van der Waals surface area contributed by atoms with Crippen molar-refractivity contribution in [3.05, 3.63) is 41.2 Å². The molecule has 1 aromatic carbocycles. The monoisotopic (exact) mass is 349 g/mol. The van der Waals surface area contributed by atoms with Crippen molar-refractivity contribution in [3.8, 4) is 11.5 Å². The molecule has 130 valence electrons. The summed E-state index contributed by atoms with van der Waals surface area (Å²) in [6.07, 6.45) is 1.72. The third-order valence-corrected chi connectivity index (χ3v) is 4.32. The maximum atomic E-state index is 9.91. The van der Waals surface area contributed by atoms with Gasteiger partial charge in [-0.3, -0.25) is 9.80 Å². The molecular weight excluding hydrogens is 326 g/mol. The zero-order chi connectivity index (χ0) is 17.2. The van der Waals surface area contributed by atoms with Gasteiger partial charge in [-0.15, -0.1) is 0 Å². The third-order valence-electron chi connectivity index (χ3n) is 4.08. The van der Waals surface area contributed by atoms with Gasteiger partial charge in [0.2, 0.25) is 5.89 Å². The summed E-state index contributed by atoms with van der Waals surface area (Å²) in [5.41, 5.74) is 1.19. The molecule has 0 atom stereocenters. The van der Waals surface area contributed by atoms with E-state index < -0.39 is 5.60 Å². The number of aromatic nitrogens is 1. The summed E-state index contributed by atoms with van der Waals surface area (Å²) in [5, 5.41) is 10.6. The van der Waals surface area contributed by atoms with Gasteiger partial charge in [0.25, 0.3) is 0 Å². The van der Waals surface area contributed by atoms with Crippen LogP contribution in [0, 0.1) is 0 Å². The van der Waals surface area contributed by atoms with Crippen LogP contribution in [-0.4, -0.2) is 58.2 Å². The maximum Gasteiger partial charge on any atom is 0.226 e. The summed E-state index contributed by atoms with van der Waals surface area (Å²) < 4.78 is 5.59. The van der Waals surface area contributed by atoms with Crippen molar-refractivity contribution in [1.82, 2.24) is 14.8 Å². The fraction of sp³-hybridized carbons (Fsp3) is 0.500. The van der Waals surface area contributed by atoms with Crippen molar-refractivity contribution in [2.24, 2.45) is 0 Å². The molecule has 1 aromatic heterocycles. The number of halogens is 1. The predicted molar refractivity (Wildman–Crippen MR) is 95.0 cm³/mol. The number of benzene rings is 1. The Morgan fingerprint density at radius 1 is 1.21 bits per heavy atom. The quantitative estimate of drug-likeness (QED) is 0.899. The molecule has 3 rings (SSSR count). The van der Waals surface area contributed by atoms with Crippen molar-refractivity contribution < 1.29 is 9.52 Å². The molecule has 1 aliphatic heterocycles. The minimum Gasteiger partial charge on any atom is -0.444 e. The Labute approximate surface area is 147 Å². The molecule has 1 fully saturated rings. The first-order valence-corrected chi connectivity index (χ1v) is 8.64. The van der Waals surface area contributed by atoms with Crippen LogP contribution in [0.2, 0.25) is 5.02 Å². The Morgan fingerprint density at radius 2 is 1.92 bits per heavy atom. The van der Waals surface area contributed by atoms with Crippen LogP contribution in [-0.2, 0) is 6.54 Å². The molecule has 5 nitrogen and oxygen atoms in total. The Hall–Kier alpha value is -1.40. The average Bonchev–Trinajstić information content (AvgIpc) is 2.96. The molecule has 1 N–H and O–H groups in total. The molecule has 0 amide bonds. The number of oxazole rings is 1. The number of aliphatic hydroxyl groups is 1. The molecule has 0 saturated carbocycles. The number of β-amino-alcohol motifs (C(OH)–C–C–N with tert-alkyl or cyclic N) is 1. The second-order valence-corrected chi connectivity index (χ2v) is 7.46.